The number of nitrogens with zero attached hydrogens (tertiary/aromatic N) is 2. The van der Waals surface area contributed by atoms with Crippen LogP contribution in [0.2, 0.25) is 0 Å². The number of carbonyl (C=O) groups is 1. The van der Waals surface area contributed by atoms with E-state index >= 15 is 0 Å². The van der Waals surface area contributed by atoms with E-state index in [1.165, 1.54) is 18.4 Å². The molecule has 6 nitrogen and oxygen atoms in total. The largest absolute Gasteiger partial charge is 0.350 e. The van der Waals surface area contributed by atoms with Gasteiger partial charge in [-0.25, -0.2) is 8.42 Å². The van der Waals surface area contributed by atoms with Crippen molar-refractivity contribution in [3.63, 3.8) is 0 Å². The fourth-order valence-electron chi connectivity index (χ4n) is 3.61. The van der Waals surface area contributed by atoms with E-state index in [0.29, 0.717) is 12.2 Å². The average Bonchev–Trinajstić information content (AvgIpc) is 3.17. The minimum atomic E-state index is -3.57. The molecule has 29 heavy (non-hydrogen) atoms. The van der Waals surface area contributed by atoms with Crippen LogP contribution >= 0.6 is 0 Å². The standard InChI is InChI=1S/C22H29N3O3S/c1-18-7-5-10-21(13-18)25(29(2,27)28)17-22(26)23-15-19-8-6-9-20(14-19)16-24-11-3-4-12-24/h5-10,13-14H,3-4,11-12,15-17H2,1-2H3,(H,23,26). The molecule has 1 fully saturated rings. The van der Waals surface area contributed by atoms with Gasteiger partial charge in [0.05, 0.1) is 11.9 Å². The molecule has 2 aromatic carbocycles. The summed E-state index contributed by atoms with van der Waals surface area (Å²) in [5.74, 6) is -0.332. The number of hydrogen-bond acceptors (Lipinski definition) is 4. The topological polar surface area (TPSA) is 69.7 Å². The van der Waals surface area contributed by atoms with Crippen LogP contribution in [0.3, 0.4) is 0 Å². The van der Waals surface area contributed by atoms with Crippen LogP contribution in [0.25, 0.3) is 0 Å². The van der Waals surface area contributed by atoms with Gasteiger partial charge in [0.2, 0.25) is 15.9 Å². The van der Waals surface area contributed by atoms with E-state index in [2.05, 4.69) is 22.3 Å². The number of anilines is 1. The van der Waals surface area contributed by atoms with Gasteiger partial charge in [0.1, 0.15) is 6.54 Å². The molecular weight excluding hydrogens is 386 g/mol. The van der Waals surface area contributed by atoms with Gasteiger partial charge in [0, 0.05) is 13.1 Å². The Hall–Kier alpha value is -2.38. The summed E-state index contributed by atoms with van der Waals surface area (Å²) in [7, 11) is -3.57. The second kappa shape index (κ2) is 9.41. The molecule has 1 heterocycles. The predicted molar refractivity (Wildman–Crippen MR) is 116 cm³/mol. The van der Waals surface area contributed by atoms with Crippen molar-refractivity contribution in [3.05, 3.63) is 65.2 Å². The molecular formula is C22H29N3O3S. The highest BCUT2D eigenvalue weighted by atomic mass is 32.2. The van der Waals surface area contributed by atoms with E-state index in [-0.39, 0.29) is 12.5 Å². The zero-order valence-corrected chi connectivity index (χ0v) is 17.9. The van der Waals surface area contributed by atoms with Crippen LogP contribution in [-0.2, 0) is 27.9 Å². The molecule has 156 valence electrons. The molecule has 1 saturated heterocycles. The summed E-state index contributed by atoms with van der Waals surface area (Å²) >= 11 is 0. The molecule has 0 aliphatic carbocycles. The molecule has 1 amide bonds. The molecule has 0 aromatic heterocycles. The highest BCUT2D eigenvalue weighted by molar-refractivity contribution is 7.92. The maximum atomic E-state index is 12.5. The Bertz CT molecular complexity index is 953. The Morgan fingerprint density at radius 2 is 1.76 bits per heavy atom. The first-order valence-electron chi connectivity index (χ1n) is 9.92. The van der Waals surface area contributed by atoms with E-state index in [1.807, 2.05) is 25.1 Å². The smallest absolute Gasteiger partial charge is 0.241 e. The molecule has 0 unspecified atom stereocenters. The number of amides is 1. The third kappa shape index (κ3) is 6.30. The molecule has 1 aliphatic heterocycles. The number of nitrogens with one attached hydrogen (secondary N) is 1. The number of carbonyl (C=O) groups excluding carboxylic acids is 1. The highest BCUT2D eigenvalue weighted by Crippen LogP contribution is 2.18. The number of benzene rings is 2. The number of likely N-dealkylation sites (tertiary alicyclic amines) is 1. The van der Waals surface area contributed by atoms with Gasteiger partial charge in [-0.2, -0.15) is 0 Å². The van der Waals surface area contributed by atoms with Gasteiger partial charge in [-0.1, -0.05) is 36.4 Å². The second-order valence-electron chi connectivity index (χ2n) is 7.69. The monoisotopic (exact) mass is 415 g/mol. The normalized spacial score (nSPS) is 14.7. The molecule has 0 radical (unpaired) electrons. The predicted octanol–water partition coefficient (Wildman–Crippen LogP) is 2.67. The first kappa shape index (κ1) is 21.3. The van der Waals surface area contributed by atoms with E-state index in [0.717, 1.165) is 41.3 Å². The van der Waals surface area contributed by atoms with E-state index in [9.17, 15) is 13.2 Å². The Morgan fingerprint density at radius 1 is 1.07 bits per heavy atom. The molecule has 0 spiro atoms. The van der Waals surface area contributed by atoms with Crippen molar-refractivity contribution in [2.24, 2.45) is 0 Å². The van der Waals surface area contributed by atoms with Gasteiger partial charge in [-0.3, -0.25) is 14.0 Å². The van der Waals surface area contributed by atoms with Crippen LogP contribution in [-0.4, -0.2) is 45.1 Å². The van der Waals surface area contributed by atoms with Crippen molar-refractivity contribution in [1.29, 1.82) is 0 Å². The molecule has 3 rings (SSSR count). The summed E-state index contributed by atoms with van der Waals surface area (Å²) in [4.78, 5) is 14.9. The maximum absolute atomic E-state index is 12.5. The van der Waals surface area contributed by atoms with Crippen LogP contribution in [0.5, 0.6) is 0 Å². The Kier molecular flexibility index (Phi) is 6.92. The summed E-state index contributed by atoms with van der Waals surface area (Å²) in [6, 6.07) is 15.3. The summed E-state index contributed by atoms with van der Waals surface area (Å²) in [6.07, 6.45) is 3.63. The Morgan fingerprint density at radius 3 is 2.45 bits per heavy atom. The van der Waals surface area contributed by atoms with E-state index in [4.69, 9.17) is 0 Å². The van der Waals surface area contributed by atoms with Crippen molar-refractivity contribution in [2.45, 2.75) is 32.9 Å². The molecule has 7 heteroatoms. The van der Waals surface area contributed by atoms with Gasteiger partial charge >= 0.3 is 0 Å². The van der Waals surface area contributed by atoms with E-state index in [1.54, 1.807) is 18.2 Å². The van der Waals surface area contributed by atoms with E-state index < -0.39 is 10.0 Å². The van der Waals surface area contributed by atoms with Gasteiger partial charge in [0.25, 0.3) is 0 Å². The van der Waals surface area contributed by atoms with Gasteiger partial charge in [-0.05, 0) is 61.7 Å². The lowest BCUT2D eigenvalue weighted by molar-refractivity contribution is -0.119. The van der Waals surface area contributed by atoms with Gasteiger partial charge < -0.3 is 5.32 Å². The summed E-state index contributed by atoms with van der Waals surface area (Å²) < 4.78 is 25.5. The number of hydrogen-bond donors (Lipinski definition) is 1. The summed E-state index contributed by atoms with van der Waals surface area (Å²) in [6.45, 7) is 5.23. The molecule has 1 N–H and O–H groups in total. The van der Waals surface area contributed by atoms with Crippen molar-refractivity contribution < 1.29 is 13.2 Å². The molecule has 2 aromatic rings. The SMILES string of the molecule is Cc1cccc(N(CC(=O)NCc2cccc(CN3CCCC3)c2)S(C)(=O)=O)c1. The van der Waals surface area contributed by atoms with Crippen LogP contribution in [0.1, 0.15) is 29.5 Å². The zero-order chi connectivity index (χ0) is 20.9. The number of sulfonamides is 1. The number of aryl methyl sites for hydroxylation is 1. The van der Waals surface area contributed by atoms with Crippen molar-refractivity contribution in [2.75, 3.05) is 30.2 Å². The molecule has 0 bridgehead atoms. The van der Waals surface area contributed by atoms with Crippen LogP contribution < -0.4 is 9.62 Å². The average molecular weight is 416 g/mol. The van der Waals surface area contributed by atoms with Crippen LogP contribution in [0.4, 0.5) is 5.69 Å². The lowest BCUT2D eigenvalue weighted by atomic mass is 10.1. The minimum Gasteiger partial charge on any atom is -0.350 e. The Labute approximate surface area is 173 Å². The summed E-state index contributed by atoms with van der Waals surface area (Å²) in [5.41, 5.74) is 3.68. The number of rotatable bonds is 8. The third-order valence-corrected chi connectivity index (χ3v) is 6.20. The van der Waals surface area contributed by atoms with Crippen molar-refractivity contribution in [3.8, 4) is 0 Å². The molecule has 0 atom stereocenters. The van der Waals surface area contributed by atoms with Gasteiger partial charge in [0.15, 0.2) is 0 Å². The van der Waals surface area contributed by atoms with Crippen molar-refractivity contribution >= 4 is 21.6 Å². The minimum absolute atomic E-state index is 0.240. The highest BCUT2D eigenvalue weighted by Gasteiger charge is 2.21. The molecule has 0 saturated carbocycles. The lowest BCUT2D eigenvalue weighted by Crippen LogP contribution is -2.40. The second-order valence-corrected chi connectivity index (χ2v) is 9.60. The summed E-state index contributed by atoms with van der Waals surface area (Å²) in [5, 5.41) is 2.85. The first-order chi connectivity index (χ1) is 13.8. The van der Waals surface area contributed by atoms with Crippen LogP contribution in [0.15, 0.2) is 48.5 Å². The fourth-order valence-corrected chi connectivity index (χ4v) is 4.46. The van der Waals surface area contributed by atoms with Crippen molar-refractivity contribution in [1.82, 2.24) is 10.2 Å². The first-order valence-corrected chi connectivity index (χ1v) is 11.8. The quantitative estimate of drug-likeness (QED) is 0.720. The third-order valence-electron chi connectivity index (χ3n) is 5.06. The van der Waals surface area contributed by atoms with Gasteiger partial charge in [-0.15, -0.1) is 0 Å². The zero-order valence-electron chi connectivity index (χ0n) is 17.1. The Balaban J connectivity index is 1.60. The van der Waals surface area contributed by atoms with Crippen LogP contribution in [0, 0.1) is 6.92 Å². The lowest BCUT2D eigenvalue weighted by Gasteiger charge is -2.22. The molecule has 1 aliphatic rings. The maximum Gasteiger partial charge on any atom is 0.241 e. The fraction of sp³-hybridized carbons (Fsp3) is 0.409.